The molecule has 0 bridgehead atoms. The smallest absolute Gasteiger partial charge is 0.198 e. The highest BCUT2D eigenvalue weighted by Crippen LogP contribution is 2.08. The second-order valence-corrected chi connectivity index (χ2v) is 3.63. The van der Waals surface area contributed by atoms with Crippen LogP contribution in [0.5, 0.6) is 0 Å². The van der Waals surface area contributed by atoms with Gasteiger partial charge in [-0.15, -0.1) is 0 Å². The number of benzene rings is 1. The number of nitrogens with zero attached hydrogens (tertiary/aromatic N) is 1. The standard InChI is InChI=1S/C13H17N3/c1-10(2)9-11(3)15-13(14)16-12-7-5-4-6-8-12/h4-9H,1H2,2-3H3,(H3,14,15,16)/b11-9-. The first-order valence-electron chi connectivity index (χ1n) is 5.08. The minimum Gasteiger partial charge on any atom is -0.369 e. The fraction of sp³-hybridized carbons (Fsp3) is 0.154. The number of nitrogens with two attached hydrogens (primary N) is 1. The number of hydrogen-bond donors (Lipinski definition) is 2. The molecule has 0 aromatic heterocycles. The van der Waals surface area contributed by atoms with Crippen LogP contribution < -0.4 is 11.1 Å². The van der Waals surface area contributed by atoms with Crippen LogP contribution in [0.25, 0.3) is 0 Å². The fourth-order valence-electron chi connectivity index (χ4n) is 1.28. The summed E-state index contributed by atoms with van der Waals surface area (Å²) in [5, 5.41) is 2.99. The van der Waals surface area contributed by atoms with Gasteiger partial charge in [-0.05, 0) is 32.1 Å². The quantitative estimate of drug-likeness (QED) is 0.462. The van der Waals surface area contributed by atoms with Crippen molar-refractivity contribution in [3.63, 3.8) is 0 Å². The molecule has 1 aromatic rings. The Labute approximate surface area is 96.4 Å². The number of nitrogens with one attached hydrogen (secondary N) is 1. The van der Waals surface area contributed by atoms with E-state index < -0.39 is 0 Å². The lowest BCUT2D eigenvalue weighted by molar-refractivity contribution is 1.08. The summed E-state index contributed by atoms with van der Waals surface area (Å²) in [5.74, 6) is 0.376. The zero-order chi connectivity index (χ0) is 12.0. The summed E-state index contributed by atoms with van der Waals surface area (Å²) in [7, 11) is 0. The number of allylic oxidation sites excluding steroid dienone is 3. The normalized spacial score (nSPS) is 12.4. The van der Waals surface area contributed by atoms with Gasteiger partial charge >= 0.3 is 0 Å². The highest BCUT2D eigenvalue weighted by Gasteiger charge is 1.93. The van der Waals surface area contributed by atoms with Crippen molar-refractivity contribution >= 4 is 11.6 Å². The maximum Gasteiger partial charge on any atom is 0.198 e. The van der Waals surface area contributed by atoms with Gasteiger partial charge in [-0.25, -0.2) is 4.99 Å². The minimum atomic E-state index is 0.376. The molecule has 0 heterocycles. The fourth-order valence-corrected chi connectivity index (χ4v) is 1.28. The zero-order valence-corrected chi connectivity index (χ0v) is 9.70. The first kappa shape index (κ1) is 12.0. The molecule has 84 valence electrons. The van der Waals surface area contributed by atoms with Gasteiger partial charge in [-0.2, -0.15) is 0 Å². The second-order valence-electron chi connectivity index (χ2n) is 3.63. The van der Waals surface area contributed by atoms with E-state index in [4.69, 9.17) is 5.73 Å². The van der Waals surface area contributed by atoms with Gasteiger partial charge in [0.25, 0.3) is 0 Å². The van der Waals surface area contributed by atoms with Crippen LogP contribution in [-0.2, 0) is 0 Å². The predicted octanol–water partition coefficient (Wildman–Crippen LogP) is 2.70. The molecule has 0 atom stereocenters. The van der Waals surface area contributed by atoms with Gasteiger partial charge in [0.2, 0.25) is 0 Å². The van der Waals surface area contributed by atoms with E-state index in [-0.39, 0.29) is 0 Å². The third-order valence-electron chi connectivity index (χ3n) is 1.79. The van der Waals surface area contributed by atoms with E-state index in [0.29, 0.717) is 5.96 Å². The Morgan fingerprint density at radius 1 is 1.31 bits per heavy atom. The highest BCUT2D eigenvalue weighted by molar-refractivity contribution is 5.82. The van der Waals surface area contributed by atoms with Gasteiger partial charge < -0.3 is 11.1 Å². The lowest BCUT2D eigenvalue weighted by Gasteiger charge is -2.05. The van der Waals surface area contributed by atoms with Crippen LogP contribution >= 0.6 is 0 Å². The molecule has 3 N–H and O–H groups in total. The van der Waals surface area contributed by atoms with Crippen molar-refractivity contribution in [3.05, 3.63) is 54.3 Å². The molecule has 16 heavy (non-hydrogen) atoms. The summed E-state index contributed by atoms with van der Waals surface area (Å²) in [4.78, 5) is 4.22. The van der Waals surface area contributed by atoms with Gasteiger partial charge in [-0.1, -0.05) is 30.4 Å². The summed E-state index contributed by atoms with van der Waals surface area (Å²) < 4.78 is 0. The summed E-state index contributed by atoms with van der Waals surface area (Å²) >= 11 is 0. The predicted molar refractivity (Wildman–Crippen MR) is 69.4 cm³/mol. The Bertz CT molecular complexity index is 416. The van der Waals surface area contributed by atoms with Crippen LogP contribution in [0, 0.1) is 0 Å². The topological polar surface area (TPSA) is 50.4 Å². The maximum atomic E-state index is 5.75. The van der Waals surface area contributed by atoms with E-state index in [1.54, 1.807) is 0 Å². The van der Waals surface area contributed by atoms with Gasteiger partial charge in [0.05, 0.1) is 5.69 Å². The van der Waals surface area contributed by atoms with Crippen molar-refractivity contribution in [2.75, 3.05) is 0 Å². The van der Waals surface area contributed by atoms with E-state index in [9.17, 15) is 0 Å². The monoisotopic (exact) mass is 215 g/mol. The van der Waals surface area contributed by atoms with E-state index in [1.807, 2.05) is 50.3 Å². The van der Waals surface area contributed by atoms with Crippen molar-refractivity contribution in [2.45, 2.75) is 13.8 Å². The van der Waals surface area contributed by atoms with E-state index in [1.165, 1.54) is 0 Å². The third-order valence-corrected chi connectivity index (χ3v) is 1.79. The highest BCUT2D eigenvalue weighted by atomic mass is 15.1. The molecular formula is C13H17N3. The zero-order valence-electron chi connectivity index (χ0n) is 9.70. The average Bonchev–Trinajstić information content (AvgIpc) is 2.17. The van der Waals surface area contributed by atoms with E-state index >= 15 is 0 Å². The molecule has 0 aliphatic rings. The maximum absolute atomic E-state index is 5.75. The van der Waals surface area contributed by atoms with Gasteiger partial charge in [-0.3, -0.25) is 0 Å². The van der Waals surface area contributed by atoms with Crippen molar-refractivity contribution in [3.8, 4) is 0 Å². The van der Waals surface area contributed by atoms with Crippen molar-refractivity contribution in [1.82, 2.24) is 5.32 Å². The van der Waals surface area contributed by atoms with Gasteiger partial charge in [0.15, 0.2) is 5.96 Å². The molecule has 3 heteroatoms. The molecule has 0 amide bonds. The molecule has 0 saturated heterocycles. The first-order valence-corrected chi connectivity index (χ1v) is 5.08. The Kier molecular flexibility index (Phi) is 4.33. The van der Waals surface area contributed by atoms with E-state index in [0.717, 1.165) is 17.0 Å². The molecule has 1 rings (SSSR count). The molecular weight excluding hydrogens is 198 g/mol. The number of aliphatic imine (C=N–C) groups is 1. The molecule has 0 radical (unpaired) electrons. The molecule has 0 saturated carbocycles. The van der Waals surface area contributed by atoms with Crippen LogP contribution in [0.4, 0.5) is 5.69 Å². The van der Waals surface area contributed by atoms with Gasteiger partial charge in [0, 0.05) is 5.70 Å². The number of hydrogen-bond acceptors (Lipinski definition) is 1. The lowest BCUT2D eigenvalue weighted by Crippen LogP contribution is -2.29. The molecule has 3 nitrogen and oxygen atoms in total. The first-order chi connectivity index (χ1) is 7.58. The molecule has 1 aromatic carbocycles. The second kappa shape index (κ2) is 5.75. The van der Waals surface area contributed by atoms with Crippen molar-refractivity contribution in [1.29, 1.82) is 0 Å². The van der Waals surface area contributed by atoms with Crippen LogP contribution in [0.1, 0.15) is 13.8 Å². The van der Waals surface area contributed by atoms with Crippen LogP contribution in [-0.4, -0.2) is 5.96 Å². The molecule has 0 aliphatic carbocycles. The minimum absolute atomic E-state index is 0.376. The molecule has 0 spiro atoms. The van der Waals surface area contributed by atoms with Crippen LogP contribution in [0.3, 0.4) is 0 Å². The van der Waals surface area contributed by atoms with Crippen molar-refractivity contribution in [2.24, 2.45) is 10.7 Å². The molecule has 0 fully saturated rings. The van der Waals surface area contributed by atoms with Crippen molar-refractivity contribution < 1.29 is 0 Å². The lowest BCUT2D eigenvalue weighted by atomic mass is 10.3. The largest absolute Gasteiger partial charge is 0.369 e. The van der Waals surface area contributed by atoms with Gasteiger partial charge in [0.1, 0.15) is 0 Å². The average molecular weight is 215 g/mol. The third kappa shape index (κ3) is 4.46. The molecule has 0 unspecified atom stereocenters. The Balaban J connectivity index is 2.69. The molecule has 0 aliphatic heterocycles. The number of rotatable bonds is 3. The Morgan fingerprint density at radius 3 is 2.50 bits per heavy atom. The van der Waals surface area contributed by atoms with Crippen LogP contribution in [0.2, 0.25) is 0 Å². The summed E-state index contributed by atoms with van der Waals surface area (Å²) in [6, 6.07) is 9.57. The van der Waals surface area contributed by atoms with Crippen LogP contribution in [0.15, 0.2) is 59.2 Å². The number of guanidine groups is 1. The summed E-state index contributed by atoms with van der Waals surface area (Å²) in [6.07, 6.45) is 1.91. The Hall–Kier alpha value is -2.03. The number of para-hydroxylation sites is 1. The van der Waals surface area contributed by atoms with E-state index in [2.05, 4.69) is 16.9 Å². The summed E-state index contributed by atoms with van der Waals surface area (Å²) in [5.41, 5.74) is 8.47. The SMILES string of the molecule is C=C(C)/C=C(/C)NC(N)=Nc1ccccc1. The summed E-state index contributed by atoms with van der Waals surface area (Å²) in [6.45, 7) is 7.63. The Morgan fingerprint density at radius 2 is 1.94 bits per heavy atom.